The molecule has 7 heteroatoms. The Balaban J connectivity index is 2.14. The zero-order valence-corrected chi connectivity index (χ0v) is 10.1. The number of rotatable bonds is 2. The van der Waals surface area contributed by atoms with Gasteiger partial charge in [0.15, 0.2) is 5.82 Å². The molecule has 0 unspecified atom stereocenters. The minimum atomic E-state index is 0.501. The number of imidazole rings is 1. The molecule has 2 aromatic rings. The minimum Gasteiger partial charge on any atom is -0.376 e. The van der Waals surface area contributed by atoms with Crippen molar-refractivity contribution in [3.63, 3.8) is 0 Å². The molecule has 1 aliphatic rings. The Hall–Kier alpha value is -1.99. The van der Waals surface area contributed by atoms with Gasteiger partial charge in [-0.1, -0.05) is 0 Å². The fourth-order valence-electron chi connectivity index (χ4n) is 2.04. The van der Waals surface area contributed by atoms with E-state index in [-0.39, 0.29) is 0 Å². The molecule has 0 aliphatic carbocycles. The van der Waals surface area contributed by atoms with Gasteiger partial charge in [-0.2, -0.15) is 0 Å². The molecule has 0 bridgehead atoms. The van der Waals surface area contributed by atoms with E-state index in [1.54, 1.807) is 12.5 Å². The van der Waals surface area contributed by atoms with Crippen LogP contribution in [-0.2, 0) is 24.8 Å². The van der Waals surface area contributed by atoms with E-state index < -0.39 is 0 Å². The first-order chi connectivity index (χ1) is 8.79. The summed E-state index contributed by atoms with van der Waals surface area (Å²) in [5, 5.41) is 0. The Kier molecular flexibility index (Phi) is 2.69. The second-order valence-corrected chi connectivity index (χ2v) is 4.16. The predicted molar refractivity (Wildman–Crippen MR) is 65.4 cm³/mol. The second kappa shape index (κ2) is 4.35. The fourth-order valence-corrected chi connectivity index (χ4v) is 2.04. The molecular weight excluding hydrogens is 232 g/mol. The summed E-state index contributed by atoms with van der Waals surface area (Å²) in [5.74, 6) is 6.77. The maximum absolute atomic E-state index is 5.52. The van der Waals surface area contributed by atoms with Gasteiger partial charge in [0.05, 0.1) is 31.4 Å². The van der Waals surface area contributed by atoms with Crippen molar-refractivity contribution in [1.82, 2.24) is 19.5 Å². The number of aryl methyl sites for hydroxylation is 1. The first-order valence-corrected chi connectivity index (χ1v) is 5.70. The van der Waals surface area contributed by atoms with Crippen LogP contribution in [0.2, 0.25) is 0 Å². The molecule has 3 N–H and O–H groups in total. The van der Waals surface area contributed by atoms with Gasteiger partial charge < -0.3 is 14.7 Å². The monoisotopic (exact) mass is 246 g/mol. The summed E-state index contributed by atoms with van der Waals surface area (Å²) >= 11 is 0. The van der Waals surface area contributed by atoms with E-state index in [1.807, 2.05) is 11.6 Å². The standard InChI is InChI=1S/C11H14N6O/c1-17-6-13-4-9(17)11-14-8-2-3-18-5-7(8)10(15-11)16-12/h4,6H,2-3,5,12H2,1H3,(H,14,15,16). The summed E-state index contributed by atoms with van der Waals surface area (Å²) in [6, 6.07) is 0. The van der Waals surface area contributed by atoms with Gasteiger partial charge in [-0.3, -0.25) is 0 Å². The largest absolute Gasteiger partial charge is 0.376 e. The van der Waals surface area contributed by atoms with Gasteiger partial charge in [-0.25, -0.2) is 20.8 Å². The van der Waals surface area contributed by atoms with Gasteiger partial charge in [0.1, 0.15) is 11.5 Å². The molecular formula is C11H14N6O. The Morgan fingerprint density at radius 1 is 1.44 bits per heavy atom. The third-order valence-electron chi connectivity index (χ3n) is 3.00. The van der Waals surface area contributed by atoms with Gasteiger partial charge in [-0.15, -0.1) is 0 Å². The molecule has 0 fully saturated rings. The lowest BCUT2D eigenvalue weighted by molar-refractivity contribution is 0.109. The van der Waals surface area contributed by atoms with Crippen LogP contribution in [-0.4, -0.2) is 26.1 Å². The number of hydrogen-bond donors (Lipinski definition) is 2. The van der Waals surface area contributed by atoms with Crippen LogP contribution in [0.15, 0.2) is 12.5 Å². The number of anilines is 1. The molecule has 1 aliphatic heterocycles. The van der Waals surface area contributed by atoms with Crippen LogP contribution < -0.4 is 11.3 Å². The van der Waals surface area contributed by atoms with Gasteiger partial charge in [-0.05, 0) is 0 Å². The maximum atomic E-state index is 5.52. The van der Waals surface area contributed by atoms with Gasteiger partial charge in [0.25, 0.3) is 0 Å². The van der Waals surface area contributed by atoms with Gasteiger partial charge in [0, 0.05) is 19.0 Å². The molecule has 0 atom stereocenters. The number of nitrogens with two attached hydrogens (primary N) is 1. The van der Waals surface area contributed by atoms with Crippen molar-refractivity contribution in [3.8, 4) is 11.5 Å². The van der Waals surface area contributed by atoms with Crippen LogP contribution in [0.1, 0.15) is 11.3 Å². The van der Waals surface area contributed by atoms with Crippen molar-refractivity contribution in [2.45, 2.75) is 13.0 Å². The molecule has 0 saturated heterocycles. The average molecular weight is 246 g/mol. The number of hydrazine groups is 1. The topological polar surface area (TPSA) is 90.9 Å². The van der Waals surface area contributed by atoms with Crippen LogP contribution in [0.4, 0.5) is 5.82 Å². The lowest BCUT2D eigenvalue weighted by atomic mass is 10.1. The summed E-state index contributed by atoms with van der Waals surface area (Å²) in [5.41, 5.74) is 5.40. The number of ether oxygens (including phenoxy) is 1. The summed E-state index contributed by atoms with van der Waals surface area (Å²) in [4.78, 5) is 13.1. The normalized spacial score (nSPS) is 14.3. The van der Waals surface area contributed by atoms with Crippen LogP contribution in [0, 0.1) is 0 Å². The van der Waals surface area contributed by atoms with E-state index in [9.17, 15) is 0 Å². The number of nitrogen functional groups attached to an aromatic ring is 1. The van der Waals surface area contributed by atoms with Crippen molar-refractivity contribution in [2.24, 2.45) is 12.9 Å². The highest BCUT2D eigenvalue weighted by Crippen LogP contribution is 2.25. The molecule has 0 aromatic carbocycles. The highest BCUT2D eigenvalue weighted by Gasteiger charge is 2.19. The van der Waals surface area contributed by atoms with E-state index in [0.717, 1.165) is 23.4 Å². The number of aromatic nitrogens is 4. The minimum absolute atomic E-state index is 0.501. The number of fused-ring (bicyclic) bond motifs is 1. The van der Waals surface area contributed by atoms with Crippen molar-refractivity contribution in [3.05, 3.63) is 23.8 Å². The predicted octanol–water partition coefficient (Wildman–Crippen LogP) is 0.235. The van der Waals surface area contributed by atoms with Crippen molar-refractivity contribution in [1.29, 1.82) is 0 Å². The summed E-state index contributed by atoms with van der Waals surface area (Å²) < 4.78 is 7.28. The first-order valence-electron chi connectivity index (χ1n) is 5.70. The quantitative estimate of drug-likeness (QED) is 0.582. The van der Waals surface area contributed by atoms with Crippen LogP contribution >= 0.6 is 0 Å². The number of nitrogens with one attached hydrogen (secondary N) is 1. The average Bonchev–Trinajstić information content (AvgIpc) is 2.83. The van der Waals surface area contributed by atoms with E-state index in [0.29, 0.717) is 24.9 Å². The molecule has 0 amide bonds. The lowest BCUT2D eigenvalue weighted by Gasteiger charge is -2.19. The fraction of sp³-hybridized carbons (Fsp3) is 0.364. The second-order valence-electron chi connectivity index (χ2n) is 4.16. The molecule has 0 saturated carbocycles. The third-order valence-corrected chi connectivity index (χ3v) is 3.00. The van der Waals surface area contributed by atoms with Crippen LogP contribution in [0.5, 0.6) is 0 Å². The van der Waals surface area contributed by atoms with Gasteiger partial charge >= 0.3 is 0 Å². The van der Waals surface area contributed by atoms with Crippen LogP contribution in [0.25, 0.3) is 11.5 Å². The molecule has 0 spiro atoms. The number of nitrogens with zero attached hydrogens (tertiary/aromatic N) is 4. The Morgan fingerprint density at radius 2 is 2.33 bits per heavy atom. The van der Waals surface area contributed by atoms with E-state index >= 15 is 0 Å². The molecule has 3 heterocycles. The molecule has 18 heavy (non-hydrogen) atoms. The summed E-state index contributed by atoms with van der Waals surface area (Å²) in [6.45, 7) is 1.18. The van der Waals surface area contributed by atoms with E-state index in [1.165, 1.54) is 0 Å². The maximum Gasteiger partial charge on any atom is 0.180 e. The molecule has 2 aromatic heterocycles. The van der Waals surface area contributed by atoms with E-state index in [2.05, 4.69) is 20.4 Å². The molecule has 94 valence electrons. The Labute approximate surface area is 104 Å². The molecule has 7 nitrogen and oxygen atoms in total. The summed E-state index contributed by atoms with van der Waals surface area (Å²) in [7, 11) is 1.91. The van der Waals surface area contributed by atoms with Crippen molar-refractivity contribution < 1.29 is 4.74 Å². The van der Waals surface area contributed by atoms with Gasteiger partial charge in [0.2, 0.25) is 0 Å². The smallest absolute Gasteiger partial charge is 0.180 e. The first kappa shape index (κ1) is 11.1. The molecule has 3 rings (SSSR count). The molecule has 0 radical (unpaired) electrons. The third kappa shape index (κ3) is 1.73. The Morgan fingerprint density at radius 3 is 3.06 bits per heavy atom. The lowest BCUT2D eigenvalue weighted by Crippen LogP contribution is -2.19. The van der Waals surface area contributed by atoms with Crippen LogP contribution in [0.3, 0.4) is 0 Å². The highest BCUT2D eigenvalue weighted by atomic mass is 16.5. The summed E-state index contributed by atoms with van der Waals surface area (Å²) in [6.07, 6.45) is 4.23. The highest BCUT2D eigenvalue weighted by molar-refractivity contribution is 5.56. The zero-order valence-electron chi connectivity index (χ0n) is 10.1. The van der Waals surface area contributed by atoms with Crippen molar-refractivity contribution in [2.75, 3.05) is 12.0 Å². The SMILES string of the molecule is Cn1cncc1-c1nc2c(c(NN)n1)COCC2. The van der Waals surface area contributed by atoms with Crippen molar-refractivity contribution >= 4 is 5.82 Å². The number of hydrogen-bond acceptors (Lipinski definition) is 6. The van der Waals surface area contributed by atoms with E-state index in [4.69, 9.17) is 10.6 Å². The Bertz CT molecular complexity index is 562. The zero-order chi connectivity index (χ0) is 12.5.